The van der Waals surface area contributed by atoms with Crippen molar-refractivity contribution in [1.82, 2.24) is 4.98 Å². The number of aromatic nitrogens is 1. The van der Waals surface area contributed by atoms with E-state index in [4.69, 9.17) is 20.5 Å². The molecule has 0 fully saturated rings. The minimum atomic E-state index is -0.573. The van der Waals surface area contributed by atoms with E-state index < -0.39 is 11.6 Å². The van der Waals surface area contributed by atoms with Crippen molar-refractivity contribution in [3.8, 4) is 0 Å². The third kappa shape index (κ3) is 7.80. The fourth-order valence-corrected chi connectivity index (χ4v) is 2.44. The lowest BCUT2D eigenvalue weighted by Crippen LogP contribution is -2.25. The molecular weight excluding hydrogens is 437 g/mol. The Morgan fingerprint density at radius 1 is 1.45 bits per heavy atom. The first-order valence-electron chi connectivity index (χ1n) is 6.80. The van der Waals surface area contributed by atoms with Gasteiger partial charge in [-0.25, -0.2) is 9.78 Å². The zero-order chi connectivity index (χ0) is 16.6. The largest absolute Gasteiger partial charge is 0.455 e. The zero-order valence-corrected chi connectivity index (χ0v) is 16.5. The van der Waals surface area contributed by atoms with Crippen LogP contribution in [0.25, 0.3) is 6.08 Å². The number of allylic oxidation sites excluding steroid dienone is 1. The highest BCUT2D eigenvalue weighted by atomic mass is 127. The standard InChI is InChI=1S/C15H19ClINO3S/c1-15(2,3)21-14(19)13-11(8-9-12(16)18-13)7-5-4-6-10-20-22-17/h5,7-9H,4,6,10H2,1-3H3/b7-5+. The molecule has 1 rings (SSSR count). The predicted octanol–water partition coefficient (Wildman–Crippen LogP) is 5.50. The number of unbranched alkanes of at least 4 members (excludes halogenated alkanes) is 1. The first kappa shape index (κ1) is 19.7. The van der Waals surface area contributed by atoms with E-state index in [9.17, 15) is 4.79 Å². The number of esters is 1. The van der Waals surface area contributed by atoms with Crippen molar-refractivity contribution in [3.63, 3.8) is 0 Å². The van der Waals surface area contributed by atoms with Crippen LogP contribution in [0.15, 0.2) is 18.2 Å². The number of hydrogen-bond acceptors (Lipinski definition) is 5. The quantitative estimate of drug-likeness (QED) is 0.179. The van der Waals surface area contributed by atoms with Gasteiger partial charge in [-0.15, -0.1) is 0 Å². The van der Waals surface area contributed by atoms with E-state index in [0.29, 0.717) is 12.2 Å². The van der Waals surface area contributed by atoms with Gasteiger partial charge in [0.15, 0.2) is 5.69 Å². The predicted molar refractivity (Wildman–Crippen MR) is 100 cm³/mol. The van der Waals surface area contributed by atoms with Gasteiger partial charge >= 0.3 is 5.97 Å². The Kier molecular flexibility index (Phi) is 8.74. The van der Waals surface area contributed by atoms with Crippen LogP contribution in [0.5, 0.6) is 0 Å². The van der Waals surface area contributed by atoms with Gasteiger partial charge in [0.1, 0.15) is 10.8 Å². The van der Waals surface area contributed by atoms with Gasteiger partial charge in [0.2, 0.25) is 0 Å². The van der Waals surface area contributed by atoms with Gasteiger partial charge < -0.3 is 8.92 Å². The molecule has 0 aliphatic carbocycles. The van der Waals surface area contributed by atoms with Gasteiger partial charge in [0, 0.05) is 26.8 Å². The monoisotopic (exact) mass is 455 g/mol. The van der Waals surface area contributed by atoms with E-state index in [1.807, 2.05) is 32.9 Å². The number of carbonyl (C=O) groups excluding carboxylic acids is 1. The summed E-state index contributed by atoms with van der Waals surface area (Å²) in [6, 6.07) is 3.42. The van der Waals surface area contributed by atoms with Crippen molar-refractivity contribution in [2.45, 2.75) is 39.2 Å². The molecule has 1 aromatic rings. The first-order chi connectivity index (χ1) is 10.3. The van der Waals surface area contributed by atoms with E-state index in [-0.39, 0.29) is 10.8 Å². The SMILES string of the molecule is CC(C)(C)OC(=O)c1nc(Cl)ccc1/C=C/CCCOSI. The summed E-state index contributed by atoms with van der Waals surface area (Å²) in [6.45, 7) is 6.14. The van der Waals surface area contributed by atoms with Crippen LogP contribution in [0.2, 0.25) is 5.15 Å². The van der Waals surface area contributed by atoms with E-state index in [0.717, 1.165) is 12.8 Å². The topological polar surface area (TPSA) is 48.4 Å². The molecule has 7 heteroatoms. The lowest BCUT2D eigenvalue weighted by atomic mass is 10.1. The molecule has 0 unspecified atom stereocenters. The summed E-state index contributed by atoms with van der Waals surface area (Å²) in [7, 11) is 1.33. The molecule has 4 nitrogen and oxygen atoms in total. The molecule has 122 valence electrons. The maximum absolute atomic E-state index is 12.2. The van der Waals surface area contributed by atoms with E-state index in [2.05, 4.69) is 26.2 Å². The second-order valence-electron chi connectivity index (χ2n) is 5.50. The highest BCUT2D eigenvalue weighted by Gasteiger charge is 2.21. The summed E-state index contributed by atoms with van der Waals surface area (Å²) in [4.78, 5) is 16.3. The highest BCUT2D eigenvalue weighted by Crippen LogP contribution is 2.18. The first-order valence-corrected chi connectivity index (χ1v) is 10.5. The Morgan fingerprint density at radius 3 is 2.82 bits per heavy atom. The molecule has 1 aromatic heterocycles. The third-order valence-corrected chi connectivity index (χ3v) is 3.65. The van der Waals surface area contributed by atoms with Crippen LogP contribution in [-0.2, 0) is 8.92 Å². The van der Waals surface area contributed by atoms with Gasteiger partial charge in [-0.1, -0.05) is 23.8 Å². The van der Waals surface area contributed by atoms with Crippen molar-refractivity contribution in [3.05, 3.63) is 34.6 Å². The Balaban J connectivity index is 2.78. The number of halogens is 2. The summed E-state index contributed by atoms with van der Waals surface area (Å²) < 4.78 is 10.5. The number of rotatable bonds is 7. The number of ether oxygens (including phenoxy) is 1. The molecular formula is C15H19ClINO3S. The fourth-order valence-electron chi connectivity index (χ4n) is 1.57. The van der Waals surface area contributed by atoms with Crippen LogP contribution in [0.3, 0.4) is 0 Å². The Hall–Kier alpha value is -0.310. The van der Waals surface area contributed by atoms with Crippen LogP contribution in [0.4, 0.5) is 0 Å². The van der Waals surface area contributed by atoms with Crippen molar-refractivity contribution in [2.75, 3.05) is 6.61 Å². The number of pyridine rings is 1. The molecule has 0 aliphatic rings. The smallest absolute Gasteiger partial charge is 0.358 e. The summed E-state index contributed by atoms with van der Waals surface area (Å²) in [5.74, 6) is -0.473. The fraction of sp³-hybridized carbons (Fsp3) is 0.467. The van der Waals surface area contributed by atoms with Crippen molar-refractivity contribution < 1.29 is 13.7 Å². The molecule has 0 aromatic carbocycles. The molecule has 0 radical (unpaired) electrons. The summed E-state index contributed by atoms with van der Waals surface area (Å²) in [5.41, 5.74) is 0.358. The minimum absolute atomic E-state index is 0.234. The van der Waals surface area contributed by atoms with Crippen LogP contribution >= 0.6 is 42.0 Å². The van der Waals surface area contributed by atoms with Crippen LogP contribution < -0.4 is 0 Å². The second-order valence-corrected chi connectivity index (χ2v) is 7.33. The maximum atomic E-state index is 12.2. The van der Waals surface area contributed by atoms with Crippen LogP contribution in [0.1, 0.15) is 49.7 Å². The van der Waals surface area contributed by atoms with Gasteiger partial charge in [-0.05, 0) is 45.7 Å². The molecule has 0 amide bonds. The highest BCUT2D eigenvalue weighted by molar-refractivity contribution is 14.2. The molecule has 0 spiro atoms. The van der Waals surface area contributed by atoms with E-state index in [1.165, 1.54) is 9.21 Å². The van der Waals surface area contributed by atoms with Gasteiger partial charge in [0.05, 0.1) is 15.8 Å². The van der Waals surface area contributed by atoms with E-state index >= 15 is 0 Å². The van der Waals surface area contributed by atoms with Crippen molar-refractivity contribution in [2.24, 2.45) is 0 Å². The second kappa shape index (κ2) is 9.75. The number of carbonyl (C=O) groups is 1. The van der Waals surface area contributed by atoms with E-state index in [1.54, 1.807) is 12.1 Å². The van der Waals surface area contributed by atoms with Gasteiger partial charge in [0.25, 0.3) is 0 Å². The summed E-state index contributed by atoms with van der Waals surface area (Å²) in [6.07, 6.45) is 5.61. The van der Waals surface area contributed by atoms with Crippen molar-refractivity contribution >= 4 is 54.1 Å². The van der Waals surface area contributed by atoms with Crippen molar-refractivity contribution in [1.29, 1.82) is 0 Å². The Labute approximate surface area is 152 Å². The van der Waals surface area contributed by atoms with Gasteiger partial charge in [-0.2, -0.15) is 0 Å². The molecule has 22 heavy (non-hydrogen) atoms. The average Bonchev–Trinajstić information content (AvgIpc) is 2.42. The number of hydrogen-bond donors (Lipinski definition) is 0. The normalized spacial score (nSPS) is 11.9. The molecule has 0 atom stereocenters. The van der Waals surface area contributed by atoms with Gasteiger partial charge in [-0.3, -0.25) is 0 Å². The summed E-state index contributed by atoms with van der Waals surface area (Å²) >= 11 is 7.98. The summed E-state index contributed by atoms with van der Waals surface area (Å²) in [5, 5.41) is 0.269. The molecule has 0 N–H and O–H groups in total. The number of nitrogens with zero attached hydrogens (tertiary/aromatic N) is 1. The minimum Gasteiger partial charge on any atom is -0.455 e. The Bertz CT molecular complexity index is 532. The molecule has 0 aliphatic heterocycles. The maximum Gasteiger partial charge on any atom is 0.358 e. The zero-order valence-electron chi connectivity index (χ0n) is 12.8. The van der Waals surface area contributed by atoms with Crippen LogP contribution in [0, 0.1) is 0 Å². The molecule has 0 saturated heterocycles. The van der Waals surface area contributed by atoms with Crippen LogP contribution in [-0.4, -0.2) is 23.2 Å². The molecule has 0 saturated carbocycles. The Morgan fingerprint density at radius 2 is 2.18 bits per heavy atom. The average molecular weight is 456 g/mol. The lowest BCUT2D eigenvalue weighted by Gasteiger charge is -2.19. The molecule has 0 bridgehead atoms. The molecule has 1 heterocycles. The third-order valence-electron chi connectivity index (χ3n) is 2.43. The lowest BCUT2D eigenvalue weighted by molar-refractivity contribution is 0.00626.